The molecule has 0 unspecified atom stereocenters. The number of hydrogen-bond donors (Lipinski definition) is 0. The maximum Gasteiger partial charge on any atom is 0.330 e. The molecule has 0 atom stereocenters. The van der Waals surface area contributed by atoms with Crippen LogP contribution in [0.1, 0.15) is 11.1 Å². The van der Waals surface area contributed by atoms with E-state index in [1.165, 1.54) is 24.3 Å². The van der Waals surface area contributed by atoms with Gasteiger partial charge in [-0.25, -0.2) is 4.79 Å². The minimum atomic E-state index is -0.308. The first-order chi connectivity index (χ1) is 6.72. The average molecular weight is 190 g/mol. The van der Waals surface area contributed by atoms with Gasteiger partial charge in [-0.15, -0.1) is 0 Å². The number of aryl methyl sites for hydroxylation is 1. The van der Waals surface area contributed by atoms with E-state index in [4.69, 9.17) is 0 Å². The predicted octanol–water partition coefficient (Wildman–Crippen LogP) is 2.27. The highest BCUT2D eigenvalue weighted by Crippen LogP contribution is 2.04. The van der Waals surface area contributed by atoms with E-state index in [1.54, 1.807) is 6.08 Å². The number of methoxy groups -OCH3 is 1. The van der Waals surface area contributed by atoms with Gasteiger partial charge in [0, 0.05) is 6.08 Å². The Kier molecular flexibility index (Phi) is 3.92. The third-order valence-corrected chi connectivity index (χ3v) is 1.93. The highest BCUT2D eigenvalue weighted by Gasteiger charge is 1.91. The fourth-order valence-corrected chi connectivity index (χ4v) is 1.08. The van der Waals surface area contributed by atoms with Gasteiger partial charge in [-0.05, 0) is 18.9 Å². The standard InChI is InChI=1S/C12H14O2/c1-10-6-8-11(9-7-10)4-3-5-12(13)14-2/h3,5-9H,4H2,1-2H3. The number of ether oxygens (including phenoxy) is 1. The summed E-state index contributed by atoms with van der Waals surface area (Å²) in [7, 11) is 1.37. The van der Waals surface area contributed by atoms with Crippen molar-refractivity contribution in [3.63, 3.8) is 0 Å². The van der Waals surface area contributed by atoms with Crippen LogP contribution < -0.4 is 0 Å². The zero-order valence-corrected chi connectivity index (χ0v) is 8.49. The van der Waals surface area contributed by atoms with Gasteiger partial charge in [0.05, 0.1) is 7.11 Å². The molecule has 0 fully saturated rings. The first-order valence-corrected chi connectivity index (χ1v) is 4.52. The summed E-state index contributed by atoms with van der Waals surface area (Å²) < 4.78 is 4.48. The van der Waals surface area contributed by atoms with Gasteiger partial charge < -0.3 is 4.74 Å². The van der Waals surface area contributed by atoms with E-state index in [0.717, 1.165) is 6.42 Å². The molecule has 0 aliphatic carbocycles. The molecule has 1 rings (SSSR count). The Morgan fingerprint density at radius 3 is 2.57 bits per heavy atom. The van der Waals surface area contributed by atoms with Crippen molar-refractivity contribution in [1.82, 2.24) is 0 Å². The van der Waals surface area contributed by atoms with E-state index in [-0.39, 0.29) is 5.97 Å². The molecule has 0 bridgehead atoms. The van der Waals surface area contributed by atoms with E-state index in [2.05, 4.69) is 29.0 Å². The Labute approximate surface area is 84.2 Å². The Morgan fingerprint density at radius 2 is 2.00 bits per heavy atom. The fraction of sp³-hybridized carbons (Fsp3) is 0.250. The molecule has 0 N–H and O–H groups in total. The van der Waals surface area contributed by atoms with E-state index >= 15 is 0 Å². The summed E-state index contributed by atoms with van der Waals surface area (Å²) in [5.74, 6) is -0.308. The van der Waals surface area contributed by atoms with Crippen molar-refractivity contribution >= 4 is 5.97 Å². The smallest absolute Gasteiger partial charge is 0.330 e. The van der Waals surface area contributed by atoms with Crippen molar-refractivity contribution in [1.29, 1.82) is 0 Å². The van der Waals surface area contributed by atoms with Crippen LogP contribution in [0.3, 0.4) is 0 Å². The molecule has 0 radical (unpaired) electrons. The van der Waals surface area contributed by atoms with E-state index in [1.807, 2.05) is 6.92 Å². The molecule has 0 aliphatic rings. The van der Waals surface area contributed by atoms with Crippen LogP contribution in [0.15, 0.2) is 36.4 Å². The summed E-state index contributed by atoms with van der Waals surface area (Å²) in [6.45, 7) is 2.05. The number of carbonyl (C=O) groups excluding carboxylic acids is 1. The minimum Gasteiger partial charge on any atom is -0.466 e. The molecule has 0 aromatic heterocycles. The zero-order chi connectivity index (χ0) is 10.4. The van der Waals surface area contributed by atoms with E-state index in [0.29, 0.717) is 0 Å². The molecule has 74 valence electrons. The summed E-state index contributed by atoms with van der Waals surface area (Å²) in [6, 6.07) is 8.22. The number of rotatable bonds is 3. The average Bonchev–Trinajstić information content (AvgIpc) is 2.21. The molecule has 0 amide bonds. The normalized spacial score (nSPS) is 10.4. The summed E-state index contributed by atoms with van der Waals surface area (Å²) >= 11 is 0. The Bertz CT molecular complexity index is 323. The van der Waals surface area contributed by atoms with Crippen LogP contribution in [0.2, 0.25) is 0 Å². The van der Waals surface area contributed by atoms with Crippen molar-refractivity contribution in [2.45, 2.75) is 13.3 Å². The quantitative estimate of drug-likeness (QED) is 0.540. The van der Waals surface area contributed by atoms with Crippen LogP contribution in [-0.2, 0) is 16.0 Å². The highest BCUT2D eigenvalue weighted by molar-refractivity contribution is 5.81. The van der Waals surface area contributed by atoms with Gasteiger partial charge in [-0.1, -0.05) is 35.9 Å². The van der Waals surface area contributed by atoms with Crippen molar-refractivity contribution in [3.8, 4) is 0 Å². The maximum atomic E-state index is 10.7. The van der Waals surface area contributed by atoms with Crippen molar-refractivity contribution < 1.29 is 9.53 Å². The third kappa shape index (κ3) is 3.44. The lowest BCUT2D eigenvalue weighted by atomic mass is 10.1. The maximum absolute atomic E-state index is 10.7. The monoisotopic (exact) mass is 190 g/mol. The topological polar surface area (TPSA) is 26.3 Å². The van der Waals surface area contributed by atoms with Gasteiger partial charge in [0.1, 0.15) is 0 Å². The van der Waals surface area contributed by atoms with Crippen LogP contribution in [0, 0.1) is 6.92 Å². The molecular formula is C12H14O2. The van der Waals surface area contributed by atoms with Gasteiger partial charge in [0.25, 0.3) is 0 Å². The molecule has 14 heavy (non-hydrogen) atoms. The van der Waals surface area contributed by atoms with Crippen molar-refractivity contribution in [2.75, 3.05) is 7.11 Å². The molecule has 2 nitrogen and oxygen atoms in total. The van der Waals surface area contributed by atoms with Gasteiger partial charge >= 0.3 is 5.97 Å². The molecule has 0 saturated heterocycles. The summed E-state index contributed by atoms with van der Waals surface area (Å²) in [5.41, 5.74) is 2.43. The minimum absolute atomic E-state index is 0.308. The van der Waals surface area contributed by atoms with Crippen LogP contribution in [0.5, 0.6) is 0 Å². The van der Waals surface area contributed by atoms with Crippen molar-refractivity contribution in [2.24, 2.45) is 0 Å². The Balaban J connectivity index is 2.49. The zero-order valence-electron chi connectivity index (χ0n) is 8.49. The number of allylic oxidation sites excluding steroid dienone is 1. The lowest BCUT2D eigenvalue weighted by Gasteiger charge is -1.96. The van der Waals surface area contributed by atoms with Gasteiger partial charge in [0.2, 0.25) is 0 Å². The number of esters is 1. The SMILES string of the molecule is COC(=O)C=CCc1ccc(C)cc1. The second-order valence-electron chi connectivity index (χ2n) is 3.12. The molecule has 0 heterocycles. The number of carbonyl (C=O) groups is 1. The summed E-state index contributed by atoms with van der Waals surface area (Å²) in [4.78, 5) is 10.7. The van der Waals surface area contributed by atoms with Gasteiger partial charge in [0.15, 0.2) is 0 Å². The molecule has 0 saturated carbocycles. The Morgan fingerprint density at radius 1 is 1.36 bits per heavy atom. The number of benzene rings is 1. The summed E-state index contributed by atoms with van der Waals surface area (Å²) in [5, 5.41) is 0. The van der Waals surface area contributed by atoms with E-state index in [9.17, 15) is 4.79 Å². The van der Waals surface area contributed by atoms with Crippen LogP contribution >= 0.6 is 0 Å². The first kappa shape index (κ1) is 10.5. The lowest BCUT2D eigenvalue weighted by molar-refractivity contribution is -0.134. The van der Waals surface area contributed by atoms with Crippen molar-refractivity contribution in [3.05, 3.63) is 47.5 Å². The second kappa shape index (κ2) is 5.22. The lowest BCUT2D eigenvalue weighted by Crippen LogP contribution is -1.94. The molecular weight excluding hydrogens is 176 g/mol. The second-order valence-corrected chi connectivity index (χ2v) is 3.12. The van der Waals surface area contributed by atoms with Crippen LogP contribution in [0.25, 0.3) is 0 Å². The predicted molar refractivity (Wildman–Crippen MR) is 56.0 cm³/mol. The summed E-state index contributed by atoms with van der Waals surface area (Å²) in [6.07, 6.45) is 4.01. The first-order valence-electron chi connectivity index (χ1n) is 4.52. The molecule has 0 aliphatic heterocycles. The fourth-order valence-electron chi connectivity index (χ4n) is 1.08. The third-order valence-electron chi connectivity index (χ3n) is 1.93. The molecule has 2 heteroatoms. The van der Waals surface area contributed by atoms with Gasteiger partial charge in [-0.3, -0.25) is 0 Å². The molecule has 1 aromatic carbocycles. The highest BCUT2D eigenvalue weighted by atomic mass is 16.5. The van der Waals surface area contributed by atoms with Crippen LogP contribution in [-0.4, -0.2) is 13.1 Å². The van der Waals surface area contributed by atoms with Gasteiger partial charge in [-0.2, -0.15) is 0 Å². The van der Waals surface area contributed by atoms with Crippen LogP contribution in [0.4, 0.5) is 0 Å². The number of hydrogen-bond acceptors (Lipinski definition) is 2. The Hall–Kier alpha value is -1.57. The largest absolute Gasteiger partial charge is 0.466 e. The molecule has 0 spiro atoms. The van der Waals surface area contributed by atoms with E-state index < -0.39 is 0 Å². The molecule has 1 aromatic rings.